The molecule has 0 bridgehead atoms. The quantitative estimate of drug-likeness (QED) is 0.653. The maximum Gasteiger partial charge on any atom is 0.272 e. The van der Waals surface area contributed by atoms with Gasteiger partial charge in [-0.3, -0.25) is 4.79 Å². The molecule has 22 heavy (non-hydrogen) atoms. The summed E-state index contributed by atoms with van der Waals surface area (Å²) >= 11 is 12.0. The van der Waals surface area contributed by atoms with Gasteiger partial charge in [0.25, 0.3) is 5.91 Å². The number of rotatable bonds is 2. The first-order chi connectivity index (χ1) is 10.5. The van der Waals surface area contributed by atoms with E-state index in [9.17, 15) is 4.79 Å². The van der Waals surface area contributed by atoms with Crippen molar-refractivity contribution in [2.24, 2.45) is 0 Å². The van der Waals surface area contributed by atoms with Gasteiger partial charge in [0.1, 0.15) is 5.69 Å². The summed E-state index contributed by atoms with van der Waals surface area (Å²) in [5, 5.41) is 4.79. The summed E-state index contributed by atoms with van der Waals surface area (Å²) < 4.78 is 0. The Morgan fingerprint density at radius 3 is 2.59 bits per heavy atom. The number of anilines is 1. The molecule has 0 spiro atoms. The van der Waals surface area contributed by atoms with Gasteiger partial charge in [-0.05, 0) is 49.7 Å². The van der Waals surface area contributed by atoms with Crippen LogP contribution in [0.4, 0.5) is 5.69 Å². The van der Waals surface area contributed by atoms with Gasteiger partial charge in [-0.2, -0.15) is 0 Å². The van der Waals surface area contributed by atoms with Crippen LogP contribution in [0.3, 0.4) is 0 Å². The summed E-state index contributed by atoms with van der Waals surface area (Å²) in [6, 6.07) is 11.0. The number of carbonyl (C=O) groups excluding carboxylic acids is 1. The minimum absolute atomic E-state index is 0.226. The molecule has 5 heteroatoms. The maximum absolute atomic E-state index is 12.5. The van der Waals surface area contributed by atoms with E-state index in [1.165, 1.54) is 0 Å². The lowest BCUT2D eigenvalue weighted by molar-refractivity contribution is 0.102. The number of aromatic amines is 1. The summed E-state index contributed by atoms with van der Waals surface area (Å²) in [6.45, 7) is 3.95. The fourth-order valence-corrected chi connectivity index (χ4v) is 2.90. The molecule has 0 atom stereocenters. The average molecular weight is 333 g/mol. The van der Waals surface area contributed by atoms with E-state index >= 15 is 0 Å². The van der Waals surface area contributed by atoms with Crippen LogP contribution in [0.5, 0.6) is 0 Å². The second kappa shape index (κ2) is 5.67. The van der Waals surface area contributed by atoms with Crippen LogP contribution in [0.25, 0.3) is 10.9 Å². The van der Waals surface area contributed by atoms with Gasteiger partial charge < -0.3 is 10.3 Å². The zero-order chi connectivity index (χ0) is 15.9. The lowest BCUT2D eigenvalue weighted by atomic mass is 10.1. The Kier molecular flexibility index (Phi) is 3.85. The molecule has 1 aromatic heterocycles. The van der Waals surface area contributed by atoms with Gasteiger partial charge in [-0.15, -0.1) is 0 Å². The highest BCUT2D eigenvalue weighted by atomic mass is 35.5. The number of halogens is 2. The molecule has 0 radical (unpaired) electrons. The first-order valence-electron chi connectivity index (χ1n) is 6.81. The molecule has 2 N–H and O–H groups in total. The molecular weight excluding hydrogens is 319 g/mol. The highest BCUT2D eigenvalue weighted by molar-refractivity contribution is 6.36. The SMILES string of the molecule is Cc1ccc2[nH]c(C(=O)Nc3ccc(Cl)cc3Cl)c(C)c2c1. The van der Waals surface area contributed by atoms with Crippen LogP contribution in [0.1, 0.15) is 21.6 Å². The standard InChI is InChI=1S/C17H14Cl2N2O/c1-9-3-5-14-12(7-9)10(2)16(20-14)17(22)21-15-6-4-11(18)8-13(15)19/h3-8,20H,1-2H3,(H,21,22). The summed E-state index contributed by atoms with van der Waals surface area (Å²) in [7, 11) is 0. The predicted octanol–water partition coefficient (Wildman–Crippen LogP) is 5.34. The van der Waals surface area contributed by atoms with Gasteiger partial charge >= 0.3 is 0 Å². The predicted molar refractivity (Wildman–Crippen MR) is 92.2 cm³/mol. The Morgan fingerprint density at radius 2 is 1.86 bits per heavy atom. The van der Waals surface area contributed by atoms with E-state index in [1.807, 2.05) is 26.0 Å². The minimum Gasteiger partial charge on any atom is -0.350 e. The number of nitrogens with one attached hydrogen (secondary N) is 2. The molecule has 0 aliphatic rings. The molecule has 0 saturated heterocycles. The van der Waals surface area contributed by atoms with Crippen LogP contribution >= 0.6 is 23.2 Å². The number of amides is 1. The topological polar surface area (TPSA) is 44.9 Å². The molecule has 1 heterocycles. The number of aryl methyl sites for hydroxylation is 2. The van der Waals surface area contributed by atoms with Crippen molar-refractivity contribution in [2.45, 2.75) is 13.8 Å². The third kappa shape index (κ3) is 2.70. The Labute approximate surface area is 138 Å². The van der Waals surface area contributed by atoms with Gasteiger partial charge in [0.05, 0.1) is 10.7 Å². The smallest absolute Gasteiger partial charge is 0.272 e. The number of aromatic nitrogens is 1. The van der Waals surface area contributed by atoms with E-state index in [2.05, 4.69) is 16.4 Å². The van der Waals surface area contributed by atoms with E-state index in [0.29, 0.717) is 21.4 Å². The minimum atomic E-state index is -0.226. The second-order valence-corrected chi connectivity index (χ2v) is 6.10. The lowest BCUT2D eigenvalue weighted by Crippen LogP contribution is -2.13. The zero-order valence-corrected chi connectivity index (χ0v) is 13.6. The van der Waals surface area contributed by atoms with Gasteiger partial charge in [0.2, 0.25) is 0 Å². The molecule has 1 amide bonds. The molecule has 0 saturated carbocycles. The van der Waals surface area contributed by atoms with Gasteiger partial charge in [-0.25, -0.2) is 0 Å². The van der Waals surface area contributed by atoms with Crippen LogP contribution in [0.2, 0.25) is 10.0 Å². The molecule has 0 aliphatic heterocycles. The average Bonchev–Trinajstić information content (AvgIpc) is 2.79. The maximum atomic E-state index is 12.5. The Balaban J connectivity index is 1.97. The van der Waals surface area contributed by atoms with Crippen LogP contribution in [-0.2, 0) is 0 Å². The van der Waals surface area contributed by atoms with Crippen molar-refractivity contribution in [3.63, 3.8) is 0 Å². The van der Waals surface area contributed by atoms with Crippen LogP contribution < -0.4 is 5.32 Å². The molecule has 3 nitrogen and oxygen atoms in total. The largest absolute Gasteiger partial charge is 0.350 e. The number of hydrogen-bond acceptors (Lipinski definition) is 1. The van der Waals surface area contributed by atoms with Crippen molar-refractivity contribution < 1.29 is 4.79 Å². The van der Waals surface area contributed by atoms with Gasteiger partial charge in [0.15, 0.2) is 0 Å². The zero-order valence-electron chi connectivity index (χ0n) is 12.1. The Hall–Kier alpha value is -1.97. The fraction of sp³-hybridized carbons (Fsp3) is 0.118. The summed E-state index contributed by atoms with van der Waals surface area (Å²) in [5.41, 5.74) is 4.08. The molecule has 0 unspecified atom stereocenters. The highest BCUT2D eigenvalue weighted by Crippen LogP contribution is 2.27. The fourth-order valence-electron chi connectivity index (χ4n) is 2.44. The molecule has 2 aromatic carbocycles. The van der Waals surface area contributed by atoms with Crippen molar-refractivity contribution in [1.29, 1.82) is 0 Å². The van der Waals surface area contributed by atoms with Crippen molar-refractivity contribution in [1.82, 2.24) is 4.98 Å². The summed E-state index contributed by atoms with van der Waals surface area (Å²) in [6.07, 6.45) is 0. The van der Waals surface area contributed by atoms with E-state index in [1.54, 1.807) is 18.2 Å². The van der Waals surface area contributed by atoms with Crippen LogP contribution in [0.15, 0.2) is 36.4 Å². The molecular formula is C17H14Cl2N2O. The van der Waals surface area contributed by atoms with Crippen LogP contribution in [0, 0.1) is 13.8 Å². The third-order valence-corrected chi connectivity index (χ3v) is 4.17. The Bertz CT molecular complexity index is 884. The number of carbonyl (C=O) groups is 1. The highest BCUT2D eigenvalue weighted by Gasteiger charge is 2.16. The Morgan fingerprint density at radius 1 is 1.09 bits per heavy atom. The number of benzene rings is 2. The first kappa shape index (κ1) is 14.9. The number of H-pyrrole nitrogens is 1. The van der Waals surface area contributed by atoms with Crippen molar-refractivity contribution in [2.75, 3.05) is 5.32 Å². The van der Waals surface area contributed by atoms with E-state index in [4.69, 9.17) is 23.2 Å². The van der Waals surface area contributed by atoms with Crippen LogP contribution in [-0.4, -0.2) is 10.9 Å². The lowest BCUT2D eigenvalue weighted by Gasteiger charge is -2.07. The third-order valence-electron chi connectivity index (χ3n) is 3.62. The molecule has 0 aliphatic carbocycles. The van der Waals surface area contributed by atoms with E-state index in [0.717, 1.165) is 22.0 Å². The summed E-state index contributed by atoms with van der Waals surface area (Å²) in [5.74, 6) is -0.226. The van der Waals surface area contributed by atoms with Gasteiger partial charge in [0, 0.05) is 15.9 Å². The molecule has 3 rings (SSSR count). The van der Waals surface area contributed by atoms with E-state index in [-0.39, 0.29) is 5.91 Å². The molecule has 112 valence electrons. The van der Waals surface area contributed by atoms with E-state index < -0.39 is 0 Å². The van der Waals surface area contributed by atoms with Crippen molar-refractivity contribution in [3.05, 3.63) is 63.3 Å². The monoisotopic (exact) mass is 332 g/mol. The number of fused-ring (bicyclic) bond motifs is 1. The van der Waals surface area contributed by atoms with Crippen molar-refractivity contribution >= 4 is 45.7 Å². The second-order valence-electron chi connectivity index (χ2n) is 5.25. The molecule has 0 fully saturated rings. The molecule has 3 aromatic rings. The summed E-state index contributed by atoms with van der Waals surface area (Å²) in [4.78, 5) is 15.7. The van der Waals surface area contributed by atoms with Crippen molar-refractivity contribution in [3.8, 4) is 0 Å². The normalized spacial score (nSPS) is 10.9. The number of hydrogen-bond donors (Lipinski definition) is 2. The van der Waals surface area contributed by atoms with Gasteiger partial charge in [-0.1, -0.05) is 34.8 Å². The first-order valence-corrected chi connectivity index (χ1v) is 7.56.